The molecule has 17 heavy (non-hydrogen) atoms. The topological polar surface area (TPSA) is 53.1 Å². The van der Waals surface area contributed by atoms with Crippen molar-refractivity contribution in [1.82, 2.24) is 9.78 Å². The van der Waals surface area contributed by atoms with Gasteiger partial charge in [0.2, 0.25) is 0 Å². The average molecular weight is 237 g/mol. The van der Waals surface area contributed by atoms with Crippen molar-refractivity contribution in [3.8, 4) is 0 Å². The molecule has 2 heterocycles. The van der Waals surface area contributed by atoms with Crippen LogP contribution in [0.2, 0.25) is 0 Å². The van der Waals surface area contributed by atoms with Crippen molar-refractivity contribution in [2.45, 2.75) is 58.2 Å². The molecule has 0 amide bonds. The van der Waals surface area contributed by atoms with Gasteiger partial charge >= 0.3 is 0 Å². The van der Waals surface area contributed by atoms with Gasteiger partial charge in [-0.1, -0.05) is 6.92 Å². The molecular formula is C13H23N3O. The second-order valence-corrected chi connectivity index (χ2v) is 4.97. The van der Waals surface area contributed by atoms with Crippen LogP contribution in [-0.2, 0) is 24.1 Å². The lowest BCUT2D eigenvalue weighted by atomic mass is 9.88. The van der Waals surface area contributed by atoms with Crippen molar-refractivity contribution in [3.05, 3.63) is 17.5 Å². The Kier molecular flexibility index (Phi) is 3.54. The molecule has 2 atom stereocenters. The van der Waals surface area contributed by atoms with Crippen molar-refractivity contribution in [1.29, 1.82) is 0 Å². The first-order valence-corrected chi connectivity index (χ1v) is 6.55. The van der Waals surface area contributed by atoms with Gasteiger partial charge in [-0.05, 0) is 32.8 Å². The van der Waals surface area contributed by atoms with E-state index < -0.39 is 0 Å². The van der Waals surface area contributed by atoms with E-state index in [1.807, 2.05) is 0 Å². The van der Waals surface area contributed by atoms with Gasteiger partial charge in [-0.25, -0.2) is 0 Å². The van der Waals surface area contributed by atoms with Crippen LogP contribution in [0.3, 0.4) is 0 Å². The minimum atomic E-state index is -0.224. The van der Waals surface area contributed by atoms with Crippen LogP contribution in [0.4, 0.5) is 0 Å². The van der Waals surface area contributed by atoms with Gasteiger partial charge in [0.1, 0.15) is 0 Å². The Morgan fingerprint density at radius 3 is 2.88 bits per heavy atom. The van der Waals surface area contributed by atoms with Gasteiger partial charge in [-0.15, -0.1) is 0 Å². The normalized spacial score (nSPS) is 28.8. The molecule has 1 aromatic heterocycles. The summed E-state index contributed by atoms with van der Waals surface area (Å²) < 4.78 is 7.66. The minimum Gasteiger partial charge on any atom is -0.377 e. The van der Waals surface area contributed by atoms with Crippen molar-refractivity contribution in [2.75, 3.05) is 6.61 Å². The molecule has 2 unspecified atom stereocenters. The van der Waals surface area contributed by atoms with Crippen LogP contribution < -0.4 is 5.73 Å². The number of rotatable bonds is 4. The van der Waals surface area contributed by atoms with Crippen LogP contribution in [0.5, 0.6) is 0 Å². The highest BCUT2D eigenvalue weighted by molar-refractivity contribution is 5.15. The quantitative estimate of drug-likeness (QED) is 0.863. The number of hydrogen-bond donors (Lipinski definition) is 1. The largest absolute Gasteiger partial charge is 0.377 e. The molecule has 1 fully saturated rings. The van der Waals surface area contributed by atoms with Crippen molar-refractivity contribution >= 4 is 0 Å². The monoisotopic (exact) mass is 237 g/mol. The third kappa shape index (κ3) is 2.38. The molecule has 96 valence electrons. The molecule has 1 saturated heterocycles. The summed E-state index contributed by atoms with van der Waals surface area (Å²) in [6.45, 7) is 8.00. The van der Waals surface area contributed by atoms with Crippen molar-refractivity contribution in [2.24, 2.45) is 5.73 Å². The van der Waals surface area contributed by atoms with E-state index in [1.165, 1.54) is 5.69 Å². The molecule has 1 aliphatic heterocycles. The van der Waals surface area contributed by atoms with E-state index in [0.29, 0.717) is 0 Å². The first kappa shape index (κ1) is 12.6. The van der Waals surface area contributed by atoms with Crippen LogP contribution in [0.15, 0.2) is 6.07 Å². The molecule has 2 rings (SSSR count). The third-order valence-electron chi connectivity index (χ3n) is 3.83. The van der Waals surface area contributed by atoms with Gasteiger partial charge in [0.25, 0.3) is 0 Å². The maximum atomic E-state index is 6.44. The molecule has 0 saturated carbocycles. The molecule has 0 spiro atoms. The third-order valence-corrected chi connectivity index (χ3v) is 3.83. The lowest BCUT2D eigenvalue weighted by molar-refractivity contribution is 0.0949. The molecule has 4 nitrogen and oxygen atoms in total. The van der Waals surface area contributed by atoms with E-state index in [9.17, 15) is 0 Å². The highest BCUT2D eigenvalue weighted by atomic mass is 16.5. The van der Waals surface area contributed by atoms with Crippen LogP contribution in [0.25, 0.3) is 0 Å². The summed E-state index contributed by atoms with van der Waals surface area (Å²) in [4.78, 5) is 0. The number of hydrogen-bond acceptors (Lipinski definition) is 3. The Bertz CT molecular complexity index is 388. The minimum absolute atomic E-state index is 0.132. The fourth-order valence-corrected chi connectivity index (χ4v) is 2.47. The molecule has 2 N–H and O–H groups in total. The Hall–Kier alpha value is -0.870. The van der Waals surface area contributed by atoms with Crippen LogP contribution in [0.1, 0.15) is 38.6 Å². The summed E-state index contributed by atoms with van der Waals surface area (Å²) in [5.41, 5.74) is 8.61. The van der Waals surface area contributed by atoms with E-state index in [1.54, 1.807) is 0 Å². The summed E-state index contributed by atoms with van der Waals surface area (Å²) in [5, 5.41) is 4.57. The first-order valence-electron chi connectivity index (χ1n) is 6.55. The number of ether oxygens (including phenoxy) is 1. The summed E-state index contributed by atoms with van der Waals surface area (Å²) in [5.74, 6) is 0. The second-order valence-electron chi connectivity index (χ2n) is 4.97. The zero-order valence-corrected chi connectivity index (χ0v) is 11.1. The predicted octanol–water partition coefficient (Wildman–Crippen LogP) is 1.51. The highest BCUT2D eigenvalue weighted by Gasteiger charge is 2.38. The summed E-state index contributed by atoms with van der Waals surface area (Å²) in [6.07, 6.45) is 2.90. The molecule has 0 bridgehead atoms. The molecule has 0 aromatic carbocycles. The van der Waals surface area contributed by atoms with Crippen molar-refractivity contribution in [3.63, 3.8) is 0 Å². The molecule has 4 heteroatoms. The Labute approximate surface area is 103 Å². The predicted molar refractivity (Wildman–Crippen MR) is 67.9 cm³/mol. The fraction of sp³-hybridized carbons (Fsp3) is 0.769. The number of nitrogens with zero attached hydrogens (tertiary/aromatic N) is 2. The van der Waals surface area contributed by atoms with E-state index in [4.69, 9.17) is 10.5 Å². The lowest BCUT2D eigenvalue weighted by Crippen LogP contribution is -2.48. The number of aryl methyl sites for hydroxylation is 2. The van der Waals surface area contributed by atoms with Gasteiger partial charge in [0.15, 0.2) is 0 Å². The van der Waals surface area contributed by atoms with E-state index >= 15 is 0 Å². The first-order chi connectivity index (χ1) is 8.09. The SMILES string of the molecule is CCc1cc(CC2(N)CCOC2C)n(CC)n1. The van der Waals surface area contributed by atoms with Crippen LogP contribution >= 0.6 is 0 Å². The van der Waals surface area contributed by atoms with Gasteiger partial charge in [-0.2, -0.15) is 5.10 Å². The summed E-state index contributed by atoms with van der Waals surface area (Å²) in [7, 11) is 0. The van der Waals surface area contributed by atoms with Crippen LogP contribution in [-0.4, -0.2) is 28.0 Å². The van der Waals surface area contributed by atoms with Gasteiger partial charge in [0.05, 0.1) is 11.8 Å². The average Bonchev–Trinajstić information content (AvgIpc) is 2.84. The molecule has 1 aromatic rings. The Balaban J connectivity index is 2.20. The smallest absolute Gasteiger partial charge is 0.0731 e. The maximum absolute atomic E-state index is 6.44. The zero-order chi connectivity index (χ0) is 12.5. The molecule has 0 aliphatic carbocycles. The lowest BCUT2D eigenvalue weighted by Gasteiger charge is -2.27. The highest BCUT2D eigenvalue weighted by Crippen LogP contribution is 2.27. The van der Waals surface area contributed by atoms with Gasteiger partial charge in [0, 0.05) is 30.8 Å². The molecule has 1 aliphatic rings. The molecular weight excluding hydrogens is 214 g/mol. The number of nitrogens with two attached hydrogens (primary N) is 1. The standard InChI is InChI=1S/C13H23N3O/c1-4-11-8-12(16(5-2)15-11)9-13(14)6-7-17-10(13)3/h8,10H,4-7,9,14H2,1-3H3. The van der Waals surface area contributed by atoms with E-state index in [0.717, 1.165) is 38.1 Å². The van der Waals surface area contributed by atoms with Crippen LogP contribution in [0, 0.1) is 0 Å². The van der Waals surface area contributed by atoms with Gasteiger partial charge < -0.3 is 10.5 Å². The Morgan fingerprint density at radius 2 is 2.35 bits per heavy atom. The van der Waals surface area contributed by atoms with E-state index in [-0.39, 0.29) is 11.6 Å². The zero-order valence-electron chi connectivity index (χ0n) is 11.1. The Morgan fingerprint density at radius 1 is 1.59 bits per heavy atom. The molecule has 0 radical (unpaired) electrons. The van der Waals surface area contributed by atoms with E-state index in [2.05, 4.69) is 36.6 Å². The fourth-order valence-electron chi connectivity index (χ4n) is 2.47. The number of aromatic nitrogens is 2. The van der Waals surface area contributed by atoms with Crippen molar-refractivity contribution < 1.29 is 4.74 Å². The summed E-state index contributed by atoms with van der Waals surface area (Å²) >= 11 is 0. The second kappa shape index (κ2) is 4.78. The summed E-state index contributed by atoms with van der Waals surface area (Å²) in [6, 6.07) is 2.18. The maximum Gasteiger partial charge on any atom is 0.0731 e. The van der Waals surface area contributed by atoms with Gasteiger partial charge in [-0.3, -0.25) is 4.68 Å².